The zero-order valence-electron chi connectivity index (χ0n) is 19.6. The molecule has 0 aliphatic carbocycles. The molecule has 0 unspecified atom stereocenters. The van der Waals surface area contributed by atoms with Crippen LogP contribution in [0.2, 0.25) is 0 Å². The molecule has 3 aromatic rings. The predicted octanol–water partition coefficient (Wildman–Crippen LogP) is 3.82. The highest BCUT2D eigenvalue weighted by molar-refractivity contribution is 9.10. The van der Waals surface area contributed by atoms with Gasteiger partial charge in [-0.15, -0.1) is 0 Å². The molecule has 0 heterocycles. The summed E-state index contributed by atoms with van der Waals surface area (Å²) in [6, 6.07) is 17.7. The summed E-state index contributed by atoms with van der Waals surface area (Å²) in [6.07, 6.45) is -0.0486. The van der Waals surface area contributed by atoms with Gasteiger partial charge in [-0.25, -0.2) is 8.78 Å². The fourth-order valence-electron chi connectivity index (χ4n) is 3.57. The van der Waals surface area contributed by atoms with Crippen LogP contribution in [0.3, 0.4) is 0 Å². The third kappa shape index (κ3) is 8.57. The van der Waals surface area contributed by atoms with Gasteiger partial charge in [0.1, 0.15) is 23.7 Å². The minimum absolute atomic E-state index is 0.145. The molecule has 9 heteroatoms. The first kappa shape index (κ1) is 27.0. The Bertz CT molecular complexity index is 1200. The van der Waals surface area contributed by atoms with Gasteiger partial charge in [-0.3, -0.25) is 14.4 Å². The van der Waals surface area contributed by atoms with Crippen molar-refractivity contribution in [3.8, 4) is 0 Å². The highest BCUT2D eigenvalue weighted by Crippen LogP contribution is 2.12. The van der Waals surface area contributed by atoms with Crippen LogP contribution in [0.1, 0.15) is 23.6 Å². The monoisotopic (exact) mass is 557 g/mol. The molecule has 3 N–H and O–H groups in total. The molecule has 188 valence electrons. The van der Waals surface area contributed by atoms with E-state index in [0.29, 0.717) is 6.07 Å². The van der Waals surface area contributed by atoms with Crippen molar-refractivity contribution in [2.75, 3.05) is 0 Å². The molecule has 6 nitrogen and oxygen atoms in total. The van der Waals surface area contributed by atoms with E-state index in [-0.39, 0.29) is 30.9 Å². The molecule has 0 saturated carbocycles. The van der Waals surface area contributed by atoms with Gasteiger partial charge in [-0.05, 0) is 47.9 Å². The van der Waals surface area contributed by atoms with E-state index in [2.05, 4.69) is 31.9 Å². The van der Waals surface area contributed by atoms with Crippen LogP contribution in [0.4, 0.5) is 8.78 Å². The number of benzene rings is 3. The van der Waals surface area contributed by atoms with Gasteiger partial charge < -0.3 is 16.0 Å². The molecule has 0 saturated heterocycles. The lowest BCUT2D eigenvalue weighted by atomic mass is 10.0. The number of carbonyl (C=O) groups is 3. The summed E-state index contributed by atoms with van der Waals surface area (Å²) in [5.74, 6) is -3.10. The summed E-state index contributed by atoms with van der Waals surface area (Å²) < 4.78 is 27.6. The second kappa shape index (κ2) is 12.9. The number of rotatable bonds is 10. The third-order valence-electron chi connectivity index (χ3n) is 5.33. The van der Waals surface area contributed by atoms with Gasteiger partial charge in [0.2, 0.25) is 17.7 Å². The standard InChI is InChI=1S/C27H26BrF2N3O3/c1-17(32-25(34)14-20-11-22(29)15-23(30)12-20)26(35)33-24(13-18-6-3-2-4-7-18)27(36)31-16-19-8-5-9-21(28)10-19/h2-12,15,17,24H,13-14,16H2,1H3,(H,31,36)(H,32,34)(H,33,35)/t17-,24-/m0/s1. The lowest BCUT2D eigenvalue weighted by Crippen LogP contribution is -2.53. The molecule has 0 aliphatic heterocycles. The summed E-state index contributed by atoms with van der Waals surface area (Å²) in [7, 11) is 0. The normalized spacial score (nSPS) is 12.3. The number of carbonyl (C=O) groups excluding carboxylic acids is 3. The second-order valence-electron chi connectivity index (χ2n) is 8.34. The van der Waals surface area contributed by atoms with Gasteiger partial charge in [0.05, 0.1) is 6.42 Å². The summed E-state index contributed by atoms with van der Waals surface area (Å²) in [5.41, 5.74) is 1.88. The highest BCUT2D eigenvalue weighted by atomic mass is 79.9. The van der Waals surface area contributed by atoms with Gasteiger partial charge in [0.15, 0.2) is 0 Å². The van der Waals surface area contributed by atoms with Crippen LogP contribution in [-0.4, -0.2) is 29.8 Å². The Morgan fingerprint density at radius 3 is 2.14 bits per heavy atom. The number of halogens is 3. The van der Waals surface area contributed by atoms with Crippen molar-refractivity contribution < 1.29 is 23.2 Å². The molecule has 3 rings (SSSR count). The van der Waals surface area contributed by atoms with Crippen molar-refractivity contribution in [1.29, 1.82) is 0 Å². The molecule has 0 fully saturated rings. The molecule has 0 aromatic heterocycles. The molecule has 2 atom stereocenters. The van der Waals surface area contributed by atoms with Gasteiger partial charge in [0.25, 0.3) is 0 Å². The van der Waals surface area contributed by atoms with E-state index in [0.717, 1.165) is 27.7 Å². The first-order chi connectivity index (χ1) is 17.2. The molecular weight excluding hydrogens is 532 g/mol. The topological polar surface area (TPSA) is 87.3 Å². The molecule has 3 amide bonds. The van der Waals surface area contributed by atoms with Crippen LogP contribution in [0, 0.1) is 11.6 Å². The van der Waals surface area contributed by atoms with E-state index in [9.17, 15) is 23.2 Å². The molecule has 0 radical (unpaired) electrons. The minimum Gasteiger partial charge on any atom is -0.350 e. The van der Waals surface area contributed by atoms with E-state index in [1.807, 2.05) is 54.6 Å². The van der Waals surface area contributed by atoms with Gasteiger partial charge in [-0.1, -0.05) is 58.4 Å². The Kier molecular flexibility index (Phi) is 9.69. The van der Waals surface area contributed by atoms with Gasteiger partial charge >= 0.3 is 0 Å². The van der Waals surface area contributed by atoms with E-state index in [4.69, 9.17) is 0 Å². The largest absolute Gasteiger partial charge is 0.350 e. The number of nitrogens with one attached hydrogen (secondary N) is 3. The molecule has 36 heavy (non-hydrogen) atoms. The Labute approximate surface area is 216 Å². The first-order valence-electron chi connectivity index (χ1n) is 11.3. The highest BCUT2D eigenvalue weighted by Gasteiger charge is 2.25. The molecule has 0 bridgehead atoms. The van der Waals surface area contributed by atoms with E-state index >= 15 is 0 Å². The van der Waals surface area contributed by atoms with E-state index in [1.165, 1.54) is 6.92 Å². The Morgan fingerprint density at radius 2 is 1.47 bits per heavy atom. The molecule has 0 aliphatic rings. The van der Waals surface area contributed by atoms with Crippen molar-refractivity contribution in [3.05, 3.63) is 106 Å². The smallest absolute Gasteiger partial charge is 0.243 e. The van der Waals surface area contributed by atoms with Crippen molar-refractivity contribution >= 4 is 33.7 Å². The quantitative estimate of drug-likeness (QED) is 0.354. The first-order valence-corrected chi connectivity index (χ1v) is 12.1. The fourth-order valence-corrected chi connectivity index (χ4v) is 4.02. The summed E-state index contributed by atoms with van der Waals surface area (Å²) in [6.45, 7) is 1.74. The van der Waals surface area contributed by atoms with Crippen LogP contribution in [-0.2, 0) is 33.8 Å². The molecule has 0 spiro atoms. The molecule has 3 aromatic carbocycles. The zero-order valence-corrected chi connectivity index (χ0v) is 21.1. The van der Waals surface area contributed by atoms with Crippen molar-refractivity contribution in [1.82, 2.24) is 16.0 Å². The maximum absolute atomic E-state index is 13.4. The van der Waals surface area contributed by atoms with Gasteiger partial charge in [0, 0.05) is 23.5 Å². The third-order valence-corrected chi connectivity index (χ3v) is 5.82. The van der Waals surface area contributed by atoms with Crippen LogP contribution >= 0.6 is 15.9 Å². The summed E-state index contributed by atoms with van der Waals surface area (Å²) in [4.78, 5) is 38.2. The second-order valence-corrected chi connectivity index (χ2v) is 9.26. The van der Waals surface area contributed by atoms with Crippen LogP contribution < -0.4 is 16.0 Å². The van der Waals surface area contributed by atoms with Crippen molar-refractivity contribution in [2.24, 2.45) is 0 Å². The Hall–Kier alpha value is -3.59. The lowest BCUT2D eigenvalue weighted by molar-refractivity contribution is -0.131. The van der Waals surface area contributed by atoms with E-state index < -0.39 is 35.5 Å². The zero-order chi connectivity index (χ0) is 26.1. The Morgan fingerprint density at radius 1 is 0.806 bits per heavy atom. The number of hydrogen-bond acceptors (Lipinski definition) is 3. The van der Waals surface area contributed by atoms with Crippen molar-refractivity contribution in [3.63, 3.8) is 0 Å². The lowest BCUT2D eigenvalue weighted by Gasteiger charge is -2.21. The maximum atomic E-state index is 13.4. The summed E-state index contributed by atoms with van der Waals surface area (Å²) in [5, 5.41) is 8.05. The summed E-state index contributed by atoms with van der Waals surface area (Å²) >= 11 is 3.40. The van der Waals surface area contributed by atoms with Crippen LogP contribution in [0.25, 0.3) is 0 Å². The average molecular weight is 558 g/mol. The van der Waals surface area contributed by atoms with Crippen LogP contribution in [0.15, 0.2) is 77.3 Å². The van der Waals surface area contributed by atoms with Crippen molar-refractivity contribution in [2.45, 2.75) is 38.4 Å². The Balaban J connectivity index is 1.62. The minimum atomic E-state index is -0.980. The number of amides is 3. The van der Waals surface area contributed by atoms with Crippen LogP contribution in [0.5, 0.6) is 0 Å². The SMILES string of the molecule is C[C@H](NC(=O)Cc1cc(F)cc(F)c1)C(=O)N[C@@H](Cc1ccccc1)C(=O)NCc1cccc(Br)c1. The predicted molar refractivity (Wildman–Crippen MR) is 136 cm³/mol. The van der Waals surface area contributed by atoms with E-state index in [1.54, 1.807) is 0 Å². The average Bonchev–Trinajstić information content (AvgIpc) is 2.82. The number of hydrogen-bond donors (Lipinski definition) is 3. The maximum Gasteiger partial charge on any atom is 0.243 e. The van der Waals surface area contributed by atoms with Gasteiger partial charge in [-0.2, -0.15) is 0 Å². The molecular formula is C27H26BrF2N3O3. The fraction of sp³-hybridized carbons (Fsp3) is 0.222.